The first-order valence-corrected chi connectivity index (χ1v) is 8.10. The van der Waals surface area contributed by atoms with E-state index in [0.717, 1.165) is 5.75 Å². The predicted octanol–water partition coefficient (Wildman–Crippen LogP) is 3.07. The second kappa shape index (κ2) is 9.31. The fourth-order valence-electron chi connectivity index (χ4n) is 2.27. The van der Waals surface area contributed by atoms with E-state index in [9.17, 15) is 9.59 Å². The van der Waals surface area contributed by atoms with Crippen LogP contribution < -0.4 is 24.8 Å². The van der Waals surface area contributed by atoms with Crippen molar-refractivity contribution in [2.75, 3.05) is 31.5 Å². The molecule has 7 nitrogen and oxygen atoms in total. The predicted molar refractivity (Wildman–Crippen MR) is 99.0 cm³/mol. The fraction of sp³-hybridized carbons (Fsp3) is 0.263. The third-order valence-electron chi connectivity index (χ3n) is 3.44. The lowest BCUT2D eigenvalue weighted by Crippen LogP contribution is -2.21. The number of hydrogen-bond donors (Lipinski definition) is 2. The van der Waals surface area contributed by atoms with Crippen molar-refractivity contribution in [2.24, 2.45) is 0 Å². The summed E-state index contributed by atoms with van der Waals surface area (Å²) in [6.07, 6.45) is -0.304. The fourth-order valence-corrected chi connectivity index (χ4v) is 2.27. The number of hydrogen-bond acceptors (Lipinski definition) is 5. The van der Waals surface area contributed by atoms with Gasteiger partial charge in [-0.05, 0) is 43.3 Å². The molecule has 0 atom stereocenters. The van der Waals surface area contributed by atoms with Crippen molar-refractivity contribution in [1.29, 1.82) is 0 Å². The van der Waals surface area contributed by atoms with Crippen LogP contribution in [0.3, 0.4) is 0 Å². The Bertz CT molecular complexity index is 759. The van der Waals surface area contributed by atoms with Gasteiger partial charge in [-0.15, -0.1) is 0 Å². The van der Waals surface area contributed by atoms with Crippen LogP contribution >= 0.6 is 0 Å². The molecule has 0 aliphatic rings. The van der Waals surface area contributed by atoms with Crippen molar-refractivity contribution in [1.82, 2.24) is 0 Å². The number of carbonyl (C=O) groups is 2. The summed E-state index contributed by atoms with van der Waals surface area (Å²) < 4.78 is 15.7. The standard InChI is InChI=1S/C19H22N2O5/c1-4-26-15-8-5-13(6-9-15)20-18(22)12-19(23)21-14-7-10-16(24-2)17(11-14)25-3/h5-11H,4,12H2,1-3H3,(H,20,22)(H,21,23). The van der Waals surface area contributed by atoms with Crippen molar-refractivity contribution >= 4 is 23.2 Å². The lowest BCUT2D eigenvalue weighted by molar-refractivity contribution is -0.123. The van der Waals surface area contributed by atoms with Crippen molar-refractivity contribution in [3.63, 3.8) is 0 Å². The van der Waals surface area contributed by atoms with Crippen molar-refractivity contribution in [3.05, 3.63) is 42.5 Å². The monoisotopic (exact) mass is 358 g/mol. The quantitative estimate of drug-likeness (QED) is 0.708. The molecule has 2 aromatic carbocycles. The highest BCUT2D eigenvalue weighted by molar-refractivity contribution is 6.08. The molecule has 7 heteroatoms. The van der Waals surface area contributed by atoms with Crippen LogP contribution in [0.25, 0.3) is 0 Å². The van der Waals surface area contributed by atoms with E-state index in [0.29, 0.717) is 29.5 Å². The summed E-state index contributed by atoms with van der Waals surface area (Å²) in [5.41, 5.74) is 1.11. The number of rotatable bonds is 8. The minimum Gasteiger partial charge on any atom is -0.494 e. The molecule has 2 aromatic rings. The van der Waals surface area contributed by atoms with Gasteiger partial charge in [-0.25, -0.2) is 0 Å². The van der Waals surface area contributed by atoms with Gasteiger partial charge in [0.1, 0.15) is 12.2 Å². The topological polar surface area (TPSA) is 85.9 Å². The highest BCUT2D eigenvalue weighted by atomic mass is 16.5. The number of nitrogens with one attached hydrogen (secondary N) is 2. The Kier molecular flexibility index (Phi) is 6.84. The second-order valence-corrected chi connectivity index (χ2v) is 5.30. The average molecular weight is 358 g/mol. The summed E-state index contributed by atoms with van der Waals surface area (Å²) in [6, 6.07) is 11.9. The normalized spacial score (nSPS) is 9.96. The molecule has 0 heterocycles. The number of carbonyl (C=O) groups excluding carboxylic acids is 2. The summed E-state index contributed by atoms with van der Waals surface area (Å²) in [5.74, 6) is 0.923. The Labute approximate surface area is 152 Å². The van der Waals surface area contributed by atoms with Crippen LogP contribution in [0.15, 0.2) is 42.5 Å². The zero-order chi connectivity index (χ0) is 18.9. The van der Waals surface area contributed by atoms with E-state index in [2.05, 4.69) is 10.6 Å². The maximum atomic E-state index is 12.0. The van der Waals surface area contributed by atoms with Gasteiger partial charge in [0.2, 0.25) is 11.8 Å². The van der Waals surface area contributed by atoms with E-state index in [1.54, 1.807) is 42.5 Å². The number of amides is 2. The van der Waals surface area contributed by atoms with E-state index in [-0.39, 0.29) is 6.42 Å². The molecule has 0 saturated heterocycles. The number of ether oxygens (including phenoxy) is 3. The average Bonchev–Trinajstić information content (AvgIpc) is 2.63. The van der Waals surface area contributed by atoms with E-state index >= 15 is 0 Å². The van der Waals surface area contributed by atoms with Crippen LogP contribution in [-0.2, 0) is 9.59 Å². The second-order valence-electron chi connectivity index (χ2n) is 5.30. The molecule has 0 aliphatic heterocycles. The van der Waals surface area contributed by atoms with Gasteiger partial charge in [0.15, 0.2) is 11.5 Å². The summed E-state index contributed by atoms with van der Waals surface area (Å²) >= 11 is 0. The largest absolute Gasteiger partial charge is 0.494 e. The molecule has 0 aromatic heterocycles. The van der Waals surface area contributed by atoms with Crippen LogP contribution in [0.4, 0.5) is 11.4 Å². The molecule has 0 bridgehead atoms. The molecular weight excluding hydrogens is 336 g/mol. The molecule has 0 radical (unpaired) electrons. The Balaban J connectivity index is 1.89. The van der Waals surface area contributed by atoms with Crippen molar-refractivity contribution in [2.45, 2.75) is 13.3 Å². The van der Waals surface area contributed by atoms with Crippen molar-refractivity contribution in [3.8, 4) is 17.2 Å². The van der Waals surface area contributed by atoms with Crippen molar-refractivity contribution < 1.29 is 23.8 Å². The summed E-state index contributed by atoms with van der Waals surface area (Å²) in [5, 5.41) is 5.32. The molecule has 2 amide bonds. The number of methoxy groups -OCH3 is 2. The first kappa shape index (κ1) is 19.1. The third-order valence-corrected chi connectivity index (χ3v) is 3.44. The molecule has 0 aliphatic carbocycles. The molecule has 0 saturated carbocycles. The van der Waals surface area contributed by atoms with Gasteiger partial charge in [0.25, 0.3) is 0 Å². The van der Waals surface area contributed by atoms with E-state index < -0.39 is 11.8 Å². The molecular formula is C19H22N2O5. The zero-order valence-corrected chi connectivity index (χ0v) is 15.0. The first-order chi connectivity index (χ1) is 12.5. The van der Waals surface area contributed by atoms with Gasteiger partial charge in [-0.3, -0.25) is 9.59 Å². The van der Waals surface area contributed by atoms with Crippen LogP contribution in [0.1, 0.15) is 13.3 Å². The Morgan fingerprint density at radius 3 is 2.00 bits per heavy atom. The minimum absolute atomic E-state index is 0.304. The molecule has 0 spiro atoms. The minimum atomic E-state index is -0.430. The van der Waals surface area contributed by atoms with Gasteiger partial charge in [-0.2, -0.15) is 0 Å². The smallest absolute Gasteiger partial charge is 0.233 e. The molecule has 0 unspecified atom stereocenters. The lowest BCUT2D eigenvalue weighted by atomic mass is 10.2. The molecule has 2 N–H and O–H groups in total. The Morgan fingerprint density at radius 1 is 0.846 bits per heavy atom. The molecule has 2 rings (SSSR count). The van der Waals surface area contributed by atoms with Gasteiger partial charge >= 0.3 is 0 Å². The zero-order valence-electron chi connectivity index (χ0n) is 15.0. The number of benzene rings is 2. The van der Waals surface area contributed by atoms with Gasteiger partial charge in [-0.1, -0.05) is 0 Å². The van der Waals surface area contributed by atoms with Gasteiger partial charge < -0.3 is 24.8 Å². The number of anilines is 2. The van der Waals surface area contributed by atoms with E-state index in [4.69, 9.17) is 14.2 Å². The SMILES string of the molecule is CCOc1ccc(NC(=O)CC(=O)Nc2ccc(OC)c(OC)c2)cc1. The van der Waals surface area contributed by atoms with Crippen LogP contribution in [-0.4, -0.2) is 32.6 Å². The summed E-state index contributed by atoms with van der Waals surface area (Å²) in [6.45, 7) is 2.47. The molecule has 138 valence electrons. The first-order valence-electron chi connectivity index (χ1n) is 8.10. The third kappa shape index (κ3) is 5.41. The summed E-state index contributed by atoms with van der Waals surface area (Å²) in [7, 11) is 3.04. The lowest BCUT2D eigenvalue weighted by Gasteiger charge is -2.11. The highest BCUT2D eigenvalue weighted by Gasteiger charge is 2.12. The molecule has 26 heavy (non-hydrogen) atoms. The van der Waals surface area contributed by atoms with Crippen LogP contribution in [0, 0.1) is 0 Å². The molecule has 0 fully saturated rings. The van der Waals surface area contributed by atoms with Gasteiger partial charge in [0.05, 0.1) is 20.8 Å². The maximum absolute atomic E-state index is 12.0. The Hall–Kier alpha value is -3.22. The van der Waals surface area contributed by atoms with Crippen LogP contribution in [0.5, 0.6) is 17.2 Å². The van der Waals surface area contributed by atoms with Gasteiger partial charge in [0, 0.05) is 17.4 Å². The van der Waals surface area contributed by atoms with E-state index in [1.165, 1.54) is 14.2 Å². The van der Waals surface area contributed by atoms with E-state index in [1.807, 2.05) is 6.92 Å². The van der Waals surface area contributed by atoms with Crippen LogP contribution in [0.2, 0.25) is 0 Å². The highest BCUT2D eigenvalue weighted by Crippen LogP contribution is 2.29. The Morgan fingerprint density at radius 2 is 1.42 bits per heavy atom. The summed E-state index contributed by atoms with van der Waals surface area (Å²) in [4.78, 5) is 24.0. The maximum Gasteiger partial charge on any atom is 0.233 e.